The van der Waals surface area contributed by atoms with Gasteiger partial charge in [0.25, 0.3) is 11.8 Å². The lowest BCUT2D eigenvalue weighted by molar-refractivity contribution is -0.123. The van der Waals surface area contributed by atoms with Crippen molar-refractivity contribution < 1.29 is 9.59 Å². The van der Waals surface area contributed by atoms with Gasteiger partial charge in [-0.3, -0.25) is 9.59 Å². The van der Waals surface area contributed by atoms with E-state index in [1.165, 1.54) is 23.3 Å². The van der Waals surface area contributed by atoms with E-state index in [1.807, 2.05) is 38.2 Å². The second-order valence-corrected chi connectivity index (χ2v) is 10.1. The van der Waals surface area contributed by atoms with E-state index in [1.54, 1.807) is 12.3 Å². The quantitative estimate of drug-likeness (QED) is 0.208. The summed E-state index contributed by atoms with van der Waals surface area (Å²) in [6, 6.07) is 20.3. The molecule has 8 heteroatoms. The topological polar surface area (TPSA) is 75.5 Å². The van der Waals surface area contributed by atoms with Crippen molar-refractivity contribution in [3.63, 3.8) is 0 Å². The highest BCUT2D eigenvalue weighted by atomic mass is 35.5. The Balaban J connectivity index is 1.48. The Kier molecular flexibility index (Phi) is 8.31. The third-order valence-electron chi connectivity index (χ3n) is 6.08. The molecule has 4 aromatic rings. The molecule has 190 valence electrons. The number of carbonyl (C=O) groups excluding carboxylic acids is 2. The molecule has 1 heterocycles. The zero-order chi connectivity index (χ0) is 26.5. The zero-order valence-corrected chi connectivity index (χ0v) is 22.3. The van der Waals surface area contributed by atoms with Crippen molar-refractivity contribution in [2.24, 2.45) is 11.0 Å². The Morgan fingerprint density at radius 1 is 1.03 bits per heavy atom. The number of nitrogens with one attached hydrogen (secondary N) is 2. The standard InChI is InChI=1S/C29H28Cl2N4O2/c1-18(2)27(33-28(36)24-13-12-22(30)14-25(24)31)29(37)34-32-15-21-17-35(26-7-5-4-6-23(21)26)16-20-10-8-19(3)9-11-20/h4-15,17-18,27H,16H2,1-3H3,(H,33,36)(H,34,37)/b32-15-. The third-order valence-corrected chi connectivity index (χ3v) is 6.63. The fraction of sp³-hybridized carbons (Fsp3) is 0.207. The van der Waals surface area contributed by atoms with Crippen molar-refractivity contribution in [3.8, 4) is 0 Å². The van der Waals surface area contributed by atoms with Crippen LogP contribution in [0.3, 0.4) is 0 Å². The number of halogens is 2. The van der Waals surface area contributed by atoms with Crippen LogP contribution in [0.5, 0.6) is 0 Å². The van der Waals surface area contributed by atoms with E-state index in [0.29, 0.717) is 5.02 Å². The lowest BCUT2D eigenvalue weighted by atomic mass is 10.0. The monoisotopic (exact) mass is 534 g/mol. The van der Waals surface area contributed by atoms with Crippen molar-refractivity contribution >= 4 is 52.1 Å². The molecule has 0 saturated heterocycles. The number of amides is 2. The smallest absolute Gasteiger partial charge is 0.262 e. The minimum Gasteiger partial charge on any atom is -0.342 e. The average Bonchev–Trinajstić information content (AvgIpc) is 3.20. The molecule has 0 aliphatic rings. The molecule has 2 amide bonds. The maximum Gasteiger partial charge on any atom is 0.262 e. The second kappa shape index (κ2) is 11.6. The lowest BCUT2D eigenvalue weighted by Gasteiger charge is -2.20. The number of hydrazone groups is 1. The summed E-state index contributed by atoms with van der Waals surface area (Å²) in [6.07, 6.45) is 3.64. The van der Waals surface area contributed by atoms with Crippen LogP contribution in [0, 0.1) is 12.8 Å². The van der Waals surface area contributed by atoms with Gasteiger partial charge in [0, 0.05) is 34.2 Å². The first-order valence-electron chi connectivity index (χ1n) is 11.9. The number of benzene rings is 3. The summed E-state index contributed by atoms with van der Waals surface area (Å²) < 4.78 is 2.16. The number of hydrogen-bond acceptors (Lipinski definition) is 3. The van der Waals surface area contributed by atoms with Crippen LogP contribution in [-0.2, 0) is 11.3 Å². The van der Waals surface area contributed by atoms with Gasteiger partial charge in [0.1, 0.15) is 6.04 Å². The van der Waals surface area contributed by atoms with Gasteiger partial charge in [-0.15, -0.1) is 0 Å². The Bertz CT molecular complexity index is 1460. The van der Waals surface area contributed by atoms with Crippen LogP contribution in [0.25, 0.3) is 10.9 Å². The van der Waals surface area contributed by atoms with Crippen molar-refractivity contribution in [3.05, 3.63) is 105 Å². The average molecular weight is 535 g/mol. The molecular formula is C29H28Cl2N4O2. The number of fused-ring (bicyclic) bond motifs is 1. The lowest BCUT2D eigenvalue weighted by Crippen LogP contribution is -2.48. The van der Waals surface area contributed by atoms with E-state index in [2.05, 4.69) is 57.7 Å². The first kappa shape index (κ1) is 26.5. The van der Waals surface area contributed by atoms with Gasteiger partial charge in [0.2, 0.25) is 0 Å². The van der Waals surface area contributed by atoms with Crippen LogP contribution in [0.1, 0.15) is 40.9 Å². The minimum absolute atomic E-state index is 0.179. The van der Waals surface area contributed by atoms with Gasteiger partial charge in [-0.1, -0.05) is 85.1 Å². The molecule has 0 saturated carbocycles. The van der Waals surface area contributed by atoms with E-state index >= 15 is 0 Å². The molecule has 0 aliphatic carbocycles. The van der Waals surface area contributed by atoms with E-state index in [9.17, 15) is 9.59 Å². The van der Waals surface area contributed by atoms with Crippen LogP contribution in [0.4, 0.5) is 0 Å². The van der Waals surface area contributed by atoms with E-state index in [4.69, 9.17) is 23.2 Å². The summed E-state index contributed by atoms with van der Waals surface area (Å²) in [5.41, 5.74) is 7.18. The molecule has 2 N–H and O–H groups in total. The van der Waals surface area contributed by atoms with E-state index < -0.39 is 17.9 Å². The molecule has 1 atom stereocenters. The van der Waals surface area contributed by atoms with Gasteiger partial charge in [-0.05, 0) is 42.7 Å². The summed E-state index contributed by atoms with van der Waals surface area (Å²) in [5.74, 6) is -1.06. The fourth-order valence-corrected chi connectivity index (χ4v) is 4.56. The van der Waals surface area contributed by atoms with Gasteiger partial charge in [-0.25, -0.2) is 5.43 Å². The van der Waals surface area contributed by atoms with Gasteiger partial charge in [0.15, 0.2) is 0 Å². The number of rotatable bonds is 8. The predicted molar refractivity (Wildman–Crippen MR) is 151 cm³/mol. The predicted octanol–water partition coefficient (Wildman–Crippen LogP) is 6.21. The summed E-state index contributed by atoms with van der Waals surface area (Å²) >= 11 is 12.1. The molecule has 4 rings (SSSR count). The molecule has 0 aliphatic heterocycles. The molecule has 3 aromatic carbocycles. The van der Waals surface area contributed by atoms with Crippen molar-refractivity contribution in [1.29, 1.82) is 0 Å². The van der Waals surface area contributed by atoms with Gasteiger partial charge < -0.3 is 9.88 Å². The number of para-hydroxylation sites is 1. The van der Waals surface area contributed by atoms with Crippen molar-refractivity contribution in [2.75, 3.05) is 0 Å². The van der Waals surface area contributed by atoms with Crippen LogP contribution in [0.15, 0.2) is 78.0 Å². The fourth-order valence-electron chi connectivity index (χ4n) is 4.06. The second-order valence-electron chi connectivity index (χ2n) is 9.27. The normalized spacial score (nSPS) is 12.3. The van der Waals surface area contributed by atoms with E-state index in [-0.39, 0.29) is 16.5 Å². The molecule has 0 bridgehead atoms. The van der Waals surface area contributed by atoms with Gasteiger partial charge in [-0.2, -0.15) is 5.10 Å². The molecule has 0 fully saturated rings. The Morgan fingerprint density at radius 2 is 1.76 bits per heavy atom. The highest BCUT2D eigenvalue weighted by molar-refractivity contribution is 6.36. The molecule has 0 spiro atoms. The molecular weight excluding hydrogens is 507 g/mol. The van der Waals surface area contributed by atoms with Gasteiger partial charge in [0.05, 0.1) is 16.8 Å². The van der Waals surface area contributed by atoms with Gasteiger partial charge >= 0.3 is 0 Å². The number of nitrogens with zero attached hydrogens (tertiary/aromatic N) is 2. The highest BCUT2D eigenvalue weighted by Crippen LogP contribution is 2.22. The largest absolute Gasteiger partial charge is 0.342 e. The number of carbonyl (C=O) groups is 2. The first-order chi connectivity index (χ1) is 17.7. The summed E-state index contributed by atoms with van der Waals surface area (Å²) in [6.45, 7) is 6.47. The third kappa shape index (κ3) is 6.40. The van der Waals surface area contributed by atoms with Crippen molar-refractivity contribution in [2.45, 2.75) is 33.4 Å². The summed E-state index contributed by atoms with van der Waals surface area (Å²) in [5, 5.41) is 8.62. The number of aryl methyl sites for hydroxylation is 1. The minimum atomic E-state index is -0.806. The van der Waals surface area contributed by atoms with Crippen LogP contribution < -0.4 is 10.7 Å². The zero-order valence-electron chi connectivity index (χ0n) is 20.8. The molecule has 0 radical (unpaired) electrons. The maximum atomic E-state index is 12.9. The van der Waals surface area contributed by atoms with E-state index in [0.717, 1.165) is 23.0 Å². The summed E-state index contributed by atoms with van der Waals surface area (Å²) in [4.78, 5) is 25.7. The number of hydrogen-bond donors (Lipinski definition) is 2. The van der Waals surface area contributed by atoms with Crippen LogP contribution in [0.2, 0.25) is 10.0 Å². The summed E-state index contributed by atoms with van der Waals surface area (Å²) in [7, 11) is 0. The molecule has 1 aromatic heterocycles. The Morgan fingerprint density at radius 3 is 2.46 bits per heavy atom. The van der Waals surface area contributed by atoms with Crippen LogP contribution >= 0.6 is 23.2 Å². The number of aromatic nitrogens is 1. The molecule has 37 heavy (non-hydrogen) atoms. The highest BCUT2D eigenvalue weighted by Gasteiger charge is 2.25. The molecule has 6 nitrogen and oxygen atoms in total. The first-order valence-corrected chi connectivity index (χ1v) is 12.7. The Hall–Kier alpha value is -3.61. The molecule has 1 unspecified atom stereocenters. The SMILES string of the molecule is Cc1ccc(Cn2cc(/C=N\NC(=O)C(NC(=O)c3ccc(Cl)cc3Cl)C(C)C)c3ccccc32)cc1. The van der Waals surface area contributed by atoms with Crippen LogP contribution in [-0.4, -0.2) is 28.6 Å². The maximum absolute atomic E-state index is 12.9. The Labute approximate surface area is 226 Å². The van der Waals surface area contributed by atoms with Crippen molar-refractivity contribution in [1.82, 2.24) is 15.3 Å².